The normalized spacial score (nSPS) is 20.3. The maximum Gasteiger partial charge on any atom is 0.421 e. The molecule has 0 spiro atoms. The van der Waals surface area contributed by atoms with E-state index in [9.17, 15) is 0 Å². The lowest BCUT2D eigenvalue weighted by Crippen LogP contribution is -2.72. The SMILES string of the molecule is C[NH2+]/C=C\C(=C/CN=N/C=N/N=c1\cc(OC)ccn1C)C1Cn2cc[n+](C)c2N=N/C=N/N=C2\N(C)C=CN21. The minimum absolute atomic E-state index is 0.155. The van der Waals surface area contributed by atoms with Crippen LogP contribution in [0.5, 0.6) is 5.75 Å². The quantitative estimate of drug-likeness (QED) is 0.130. The number of methoxy groups -OCH3 is 1. The van der Waals surface area contributed by atoms with E-state index >= 15 is 0 Å². The molecule has 0 aliphatic carbocycles. The zero-order valence-corrected chi connectivity index (χ0v) is 23.2. The molecule has 208 valence electrons. The van der Waals surface area contributed by atoms with Crippen LogP contribution in [-0.2, 0) is 20.6 Å². The molecule has 40 heavy (non-hydrogen) atoms. The zero-order chi connectivity index (χ0) is 28.3. The van der Waals surface area contributed by atoms with Gasteiger partial charge < -0.3 is 24.4 Å². The van der Waals surface area contributed by atoms with Crippen LogP contribution < -0.4 is 20.1 Å². The third-order valence-corrected chi connectivity index (χ3v) is 6.09. The van der Waals surface area contributed by atoms with Crippen LogP contribution in [0.3, 0.4) is 0 Å². The molecule has 2 aromatic rings. The van der Waals surface area contributed by atoms with Gasteiger partial charge in [-0.05, 0) is 17.7 Å². The van der Waals surface area contributed by atoms with Crippen LogP contribution in [0.2, 0.25) is 0 Å². The first-order valence-electron chi connectivity index (χ1n) is 12.5. The molecule has 4 heterocycles. The Morgan fingerprint density at radius 1 is 1.27 bits per heavy atom. The van der Waals surface area contributed by atoms with E-state index in [1.807, 2.05) is 101 Å². The highest BCUT2D eigenvalue weighted by molar-refractivity contribution is 5.85. The van der Waals surface area contributed by atoms with E-state index in [0.29, 0.717) is 36.2 Å². The van der Waals surface area contributed by atoms with Crippen LogP contribution in [0, 0.1) is 0 Å². The number of guanidine groups is 1. The number of ether oxygens (including phenoxy) is 1. The summed E-state index contributed by atoms with van der Waals surface area (Å²) in [4.78, 5) is 3.98. The van der Waals surface area contributed by atoms with Crippen LogP contribution in [0.25, 0.3) is 0 Å². The first-order valence-corrected chi connectivity index (χ1v) is 12.5. The van der Waals surface area contributed by atoms with Crippen molar-refractivity contribution >= 4 is 24.6 Å². The number of rotatable bonds is 8. The first-order chi connectivity index (χ1) is 19.5. The largest absolute Gasteiger partial charge is 0.497 e. The van der Waals surface area contributed by atoms with E-state index in [0.717, 1.165) is 5.57 Å². The summed E-state index contributed by atoms with van der Waals surface area (Å²) in [5, 5.41) is 35.4. The van der Waals surface area contributed by atoms with E-state index in [-0.39, 0.29) is 6.04 Å². The highest BCUT2D eigenvalue weighted by Gasteiger charge is 2.32. The topological polar surface area (TPSA) is 145 Å². The summed E-state index contributed by atoms with van der Waals surface area (Å²) in [6.45, 7) is 0.907. The lowest BCUT2D eigenvalue weighted by molar-refractivity contribution is -0.657. The summed E-state index contributed by atoms with van der Waals surface area (Å²) in [7, 11) is 9.30. The van der Waals surface area contributed by atoms with Gasteiger partial charge in [-0.1, -0.05) is 11.2 Å². The number of nitrogens with zero attached hydrogens (tertiary/aromatic N) is 13. The number of aromatic nitrogens is 3. The molecular formula is C25H34N14O+2. The molecule has 0 saturated carbocycles. The Labute approximate surface area is 231 Å². The van der Waals surface area contributed by atoms with E-state index in [1.54, 1.807) is 13.2 Å². The maximum atomic E-state index is 5.24. The summed E-state index contributed by atoms with van der Waals surface area (Å²) in [6, 6.07) is 3.47. The lowest BCUT2D eigenvalue weighted by Gasteiger charge is -2.29. The molecule has 2 N–H and O–H groups in total. The highest BCUT2D eigenvalue weighted by Crippen LogP contribution is 2.23. The number of nitrogens with two attached hydrogens (primary N) is 1. The number of pyridine rings is 1. The van der Waals surface area contributed by atoms with Gasteiger partial charge in [0.25, 0.3) is 0 Å². The third-order valence-electron chi connectivity index (χ3n) is 6.09. The fourth-order valence-corrected chi connectivity index (χ4v) is 3.98. The average molecular weight is 547 g/mol. The van der Waals surface area contributed by atoms with Crippen molar-refractivity contribution in [1.29, 1.82) is 0 Å². The summed E-state index contributed by atoms with van der Waals surface area (Å²) in [6.07, 6.45) is 18.4. The minimum Gasteiger partial charge on any atom is -0.497 e. The predicted molar refractivity (Wildman–Crippen MR) is 149 cm³/mol. The monoisotopic (exact) mass is 546 g/mol. The molecule has 0 bridgehead atoms. The van der Waals surface area contributed by atoms with Gasteiger partial charge >= 0.3 is 5.95 Å². The van der Waals surface area contributed by atoms with Crippen molar-refractivity contribution in [2.24, 2.45) is 55.0 Å². The molecule has 0 amide bonds. The number of hydrogen-bond acceptors (Lipinski definition) is 10. The van der Waals surface area contributed by atoms with Gasteiger partial charge in [-0.2, -0.15) is 5.11 Å². The fraction of sp³-hybridized carbons (Fsp3) is 0.320. The van der Waals surface area contributed by atoms with Crippen LogP contribution in [-0.4, -0.2) is 71.4 Å². The summed E-state index contributed by atoms with van der Waals surface area (Å²) in [5.41, 5.74) is 1.64. The number of quaternary nitrogens is 1. The average Bonchev–Trinajstić information content (AvgIpc) is 3.49. The number of imidazole rings is 1. The summed E-state index contributed by atoms with van der Waals surface area (Å²) >= 11 is 0. The summed E-state index contributed by atoms with van der Waals surface area (Å²) < 4.78 is 11.0. The van der Waals surface area contributed by atoms with Crippen molar-refractivity contribution in [3.8, 4) is 5.75 Å². The van der Waals surface area contributed by atoms with Gasteiger partial charge in [0, 0.05) is 43.9 Å². The van der Waals surface area contributed by atoms with Gasteiger partial charge in [0.2, 0.25) is 5.96 Å². The minimum atomic E-state index is -0.155. The van der Waals surface area contributed by atoms with Crippen molar-refractivity contribution in [2.45, 2.75) is 12.6 Å². The molecule has 2 aliphatic heterocycles. The number of hydrogen-bond donors (Lipinski definition) is 1. The molecule has 1 unspecified atom stereocenters. The van der Waals surface area contributed by atoms with Crippen molar-refractivity contribution in [3.05, 3.63) is 72.5 Å². The second-order valence-electron chi connectivity index (χ2n) is 8.74. The van der Waals surface area contributed by atoms with E-state index < -0.39 is 0 Å². The molecule has 0 saturated heterocycles. The molecule has 1 atom stereocenters. The van der Waals surface area contributed by atoms with E-state index in [2.05, 4.69) is 51.8 Å². The van der Waals surface area contributed by atoms with Crippen LogP contribution >= 0.6 is 0 Å². The molecule has 0 radical (unpaired) electrons. The third kappa shape index (κ3) is 6.87. The predicted octanol–water partition coefficient (Wildman–Crippen LogP) is 0.773. The Morgan fingerprint density at radius 2 is 2.15 bits per heavy atom. The van der Waals surface area contributed by atoms with Crippen LogP contribution in [0.4, 0.5) is 5.95 Å². The van der Waals surface area contributed by atoms with Crippen LogP contribution in [0.1, 0.15) is 0 Å². The molecule has 0 aromatic carbocycles. The van der Waals surface area contributed by atoms with Crippen LogP contribution in [0.15, 0.2) is 108 Å². The molecule has 15 heteroatoms. The maximum absolute atomic E-state index is 5.24. The second-order valence-corrected chi connectivity index (χ2v) is 8.74. The van der Waals surface area contributed by atoms with Crippen molar-refractivity contribution in [2.75, 3.05) is 27.7 Å². The molecule has 0 fully saturated rings. The van der Waals surface area contributed by atoms with Gasteiger partial charge in [0.1, 0.15) is 5.75 Å². The molecule has 2 aromatic heterocycles. The summed E-state index contributed by atoms with van der Waals surface area (Å²) in [5.74, 6) is 2.05. The smallest absolute Gasteiger partial charge is 0.421 e. The first kappa shape index (κ1) is 28.0. The van der Waals surface area contributed by atoms with Crippen molar-refractivity contribution in [1.82, 2.24) is 18.9 Å². The number of fused-ring (bicyclic) bond motifs is 2. The highest BCUT2D eigenvalue weighted by atomic mass is 16.5. The van der Waals surface area contributed by atoms with Crippen molar-refractivity contribution in [3.63, 3.8) is 0 Å². The Hall–Kier alpha value is -5.05. The Balaban J connectivity index is 1.60. The van der Waals surface area contributed by atoms with Gasteiger partial charge in [-0.3, -0.25) is 0 Å². The van der Waals surface area contributed by atoms with Gasteiger partial charge in [0.05, 0.1) is 58.9 Å². The standard InChI is InChI=1S/C25H33N14O/c1-26-9-6-20(7-10-27-28-18-29-32-23-16-21(40-5)8-11-35(23)2)22-17-38-14-12-36(3)24(38)33-30-19-31-34-25-37(4)13-15-39(22)25/h6-9,11-16,18-19,22,26H,10,17H2,1-5H3/q+1/p+1/b9-6-,20-7+,28-27?,29-18+,32-23+. The molecule has 4 rings (SSSR count). The molecule has 2 aliphatic rings. The van der Waals surface area contributed by atoms with Gasteiger partial charge in [-0.25, -0.2) is 9.13 Å². The molecular weight excluding hydrogens is 512 g/mol. The van der Waals surface area contributed by atoms with E-state index in [4.69, 9.17) is 4.74 Å². The number of azo groups is 2. The van der Waals surface area contributed by atoms with Crippen molar-refractivity contribution < 1.29 is 14.6 Å². The molecule has 15 nitrogen and oxygen atoms in total. The van der Waals surface area contributed by atoms with E-state index in [1.165, 1.54) is 12.7 Å². The Kier molecular flexibility index (Phi) is 9.55. The lowest BCUT2D eigenvalue weighted by atomic mass is 10.0. The Bertz CT molecular complexity index is 1490. The Morgan fingerprint density at radius 3 is 2.98 bits per heavy atom. The van der Waals surface area contributed by atoms with Gasteiger partial charge in [0.15, 0.2) is 18.2 Å². The fourth-order valence-electron chi connectivity index (χ4n) is 3.98. The number of aryl methyl sites for hydroxylation is 2. The van der Waals surface area contributed by atoms with Gasteiger partial charge in [-0.15, -0.1) is 25.5 Å². The second kappa shape index (κ2) is 13.7. The zero-order valence-electron chi connectivity index (χ0n) is 23.2.